The summed E-state index contributed by atoms with van der Waals surface area (Å²) >= 11 is 0. The SMILES string of the molecule is [Pt+2].[c-]1c(-c2cc3c4ccccc4oc3c3c2nc(-c2cccc4c2[n-]c2ccccc24)n3-c2ccccc2)ccc2c3ccccc3n(-c3ccccn3)c12. The second kappa shape index (κ2) is 12.1. The number of hydrogen-bond donors (Lipinski definition) is 0. The first-order chi connectivity index (χ1) is 26.8. The third-order valence-electron chi connectivity index (χ3n) is 10.7. The van der Waals surface area contributed by atoms with Crippen molar-refractivity contribution >= 4 is 76.6 Å². The molecular weight excluding hydrogens is 858 g/mol. The van der Waals surface area contributed by atoms with E-state index in [0.29, 0.717) is 0 Å². The Balaban J connectivity index is 0.00000352. The fraction of sp³-hybridized carbons (Fsp3) is 0. The van der Waals surface area contributed by atoms with Crippen LogP contribution in [0.1, 0.15) is 0 Å². The number of para-hydroxylation sites is 5. The first-order valence-corrected chi connectivity index (χ1v) is 18.0. The van der Waals surface area contributed by atoms with Gasteiger partial charge in [0.15, 0.2) is 5.58 Å². The Hall–Kier alpha value is -6.75. The van der Waals surface area contributed by atoms with Crippen LogP contribution < -0.4 is 4.98 Å². The quantitative estimate of drug-likeness (QED) is 0.165. The van der Waals surface area contributed by atoms with Crippen LogP contribution in [0.4, 0.5) is 0 Å². The molecule has 0 bridgehead atoms. The summed E-state index contributed by atoms with van der Waals surface area (Å²) in [5, 5.41) is 6.57. The Morgan fingerprint density at radius 3 is 2.22 bits per heavy atom. The minimum Gasteiger partial charge on any atom is -0.656 e. The van der Waals surface area contributed by atoms with Crippen LogP contribution in [0.15, 0.2) is 168 Å². The summed E-state index contributed by atoms with van der Waals surface area (Å²) < 4.78 is 11.2. The zero-order chi connectivity index (χ0) is 35.3. The maximum absolute atomic E-state index is 6.79. The standard InChI is InChI=1S/C48H27N5O.Pt/c1-2-13-30(14-3-1)52-46-45(51-48(52)36-19-12-18-35-31-15-4-7-20-39(31)50-44(35)36)37(28-38-34-17-6-9-22-42(34)54-47(38)46)29-24-25-33-32-16-5-8-21-40(32)53(41(33)27-29)43-23-10-11-26-49-43;/h1-26,28H;/q-2;+2. The topological polar surface area (TPSA) is 62.9 Å². The van der Waals surface area contributed by atoms with Crippen molar-refractivity contribution in [3.8, 4) is 34.0 Å². The average Bonchev–Trinajstić information content (AvgIpc) is 4.00. The molecule has 12 aromatic rings. The molecule has 0 aliphatic carbocycles. The van der Waals surface area contributed by atoms with Gasteiger partial charge in [-0.1, -0.05) is 120 Å². The van der Waals surface area contributed by atoms with Crippen molar-refractivity contribution in [2.75, 3.05) is 0 Å². The number of benzene rings is 7. The van der Waals surface area contributed by atoms with E-state index in [1.165, 1.54) is 0 Å². The molecule has 7 heteroatoms. The smallest absolute Gasteiger partial charge is 0.656 e. The van der Waals surface area contributed by atoms with Crippen LogP contribution in [-0.2, 0) is 21.1 Å². The van der Waals surface area contributed by atoms with E-state index in [0.717, 1.165) is 111 Å². The van der Waals surface area contributed by atoms with Gasteiger partial charge in [-0.2, -0.15) is 0 Å². The van der Waals surface area contributed by atoms with E-state index in [9.17, 15) is 0 Å². The molecule has 0 amide bonds. The molecule has 0 aliphatic heterocycles. The Labute approximate surface area is 328 Å². The van der Waals surface area contributed by atoms with Crippen LogP contribution in [0, 0.1) is 6.07 Å². The Morgan fingerprint density at radius 2 is 1.35 bits per heavy atom. The van der Waals surface area contributed by atoms with Gasteiger partial charge in [-0.15, -0.1) is 34.8 Å². The van der Waals surface area contributed by atoms with E-state index >= 15 is 0 Å². The molecule has 0 unspecified atom stereocenters. The van der Waals surface area contributed by atoms with Gasteiger partial charge in [-0.3, -0.25) is 4.57 Å². The van der Waals surface area contributed by atoms with Gasteiger partial charge in [-0.25, -0.2) is 9.97 Å². The molecule has 260 valence electrons. The largest absolute Gasteiger partial charge is 2.00 e. The van der Waals surface area contributed by atoms with Gasteiger partial charge in [0.05, 0.1) is 5.52 Å². The van der Waals surface area contributed by atoms with Gasteiger partial charge in [0.1, 0.15) is 22.7 Å². The monoisotopic (exact) mass is 884 g/mol. The molecule has 55 heavy (non-hydrogen) atoms. The van der Waals surface area contributed by atoms with Crippen molar-refractivity contribution in [1.82, 2.24) is 24.1 Å². The van der Waals surface area contributed by atoms with E-state index < -0.39 is 0 Å². The van der Waals surface area contributed by atoms with Gasteiger partial charge < -0.3 is 14.0 Å². The molecule has 0 atom stereocenters. The number of hydrogen-bond acceptors (Lipinski definition) is 3. The second-order valence-electron chi connectivity index (χ2n) is 13.7. The predicted molar refractivity (Wildman–Crippen MR) is 219 cm³/mol. The van der Waals surface area contributed by atoms with E-state index in [-0.39, 0.29) is 21.1 Å². The zero-order valence-electron chi connectivity index (χ0n) is 29.0. The Morgan fingerprint density at radius 1 is 0.582 bits per heavy atom. The maximum Gasteiger partial charge on any atom is 2.00 e. The van der Waals surface area contributed by atoms with E-state index in [2.05, 4.69) is 130 Å². The van der Waals surface area contributed by atoms with Gasteiger partial charge in [0.25, 0.3) is 0 Å². The minimum absolute atomic E-state index is 0. The van der Waals surface area contributed by atoms with E-state index in [1.807, 2.05) is 48.7 Å². The summed E-state index contributed by atoms with van der Waals surface area (Å²) in [6.45, 7) is 0. The summed E-state index contributed by atoms with van der Waals surface area (Å²) in [7, 11) is 0. The van der Waals surface area contributed by atoms with E-state index in [1.54, 1.807) is 0 Å². The summed E-state index contributed by atoms with van der Waals surface area (Å²) in [4.78, 5) is 15.6. The maximum atomic E-state index is 6.79. The second-order valence-corrected chi connectivity index (χ2v) is 13.7. The zero-order valence-corrected chi connectivity index (χ0v) is 31.3. The van der Waals surface area contributed by atoms with Crippen molar-refractivity contribution in [1.29, 1.82) is 0 Å². The van der Waals surface area contributed by atoms with Gasteiger partial charge in [-0.05, 0) is 58.1 Å². The molecule has 0 aliphatic rings. The van der Waals surface area contributed by atoms with Crippen molar-refractivity contribution in [2.24, 2.45) is 0 Å². The van der Waals surface area contributed by atoms with Crippen LogP contribution in [0.5, 0.6) is 0 Å². The Kier molecular flexibility index (Phi) is 7.01. The molecule has 6 nitrogen and oxygen atoms in total. The first kappa shape index (κ1) is 31.7. The third-order valence-corrected chi connectivity index (χ3v) is 10.7. The summed E-state index contributed by atoms with van der Waals surface area (Å²) in [6.07, 6.45) is 1.84. The third kappa shape index (κ3) is 4.59. The van der Waals surface area contributed by atoms with Crippen LogP contribution in [0.3, 0.4) is 0 Å². The summed E-state index contributed by atoms with van der Waals surface area (Å²) in [5.41, 5.74) is 11.1. The molecule has 0 saturated heterocycles. The van der Waals surface area contributed by atoms with Gasteiger partial charge in [0, 0.05) is 33.7 Å². The predicted octanol–water partition coefficient (Wildman–Crippen LogP) is 11.8. The molecule has 0 saturated carbocycles. The van der Waals surface area contributed by atoms with Crippen molar-refractivity contribution < 1.29 is 25.5 Å². The Bertz CT molecular complexity index is 3450. The molecule has 5 heterocycles. The number of imidazole rings is 1. The molecular formula is C48H27N5OPt. The summed E-state index contributed by atoms with van der Waals surface area (Å²) in [5.74, 6) is 1.64. The van der Waals surface area contributed by atoms with E-state index in [4.69, 9.17) is 19.4 Å². The number of furan rings is 1. The van der Waals surface area contributed by atoms with Crippen LogP contribution in [-0.4, -0.2) is 19.1 Å². The van der Waals surface area contributed by atoms with Crippen LogP contribution in [0.25, 0.3) is 111 Å². The minimum atomic E-state index is 0. The number of aromatic nitrogens is 5. The molecule has 0 N–H and O–H groups in total. The molecule has 12 rings (SSSR count). The van der Waals surface area contributed by atoms with Gasteiger partial charge in [0.2, 0.25) is 0 Å². The number of pyridine rings is 1. The molecule has 7 aromatic carbocycles. The van der Waals surface area contributed by atoms with Crippen molar-refractivity contribution in [3.63, 3.8) is 0 Å². The van der Waals surface area contributed by atoms with Crippen molar-refractivity contribution in [3.05, 3.63) is 170 Å². The van der Waals surface area contributed by atoms with Crippen LogP contribution in [0.2, 0.25) is 0 Å². The molecule has 0 radical (unpaired) electrons. The normalized spacial score (nSPS) is 11.9. The molecule has 5 aromatic heterocycles. The summed E-state index contributed by atoms with van der Waals surface area (Å²) in [6, 6.07) is 58.4. The van der Waals surface area contributed by atoms with Crippen molar-refractivity contribution in [2.45, 2.75) is 0 Å². The number of nitrogens with zero attached hydrogens (tertiary/aromatic N) is 5. The number of fused-ring (bicyclic) bond motifs is 11. The first-order valence-electron chi connectivity index (χ1n) is 18.0. The molecule has 0 spiro atoms. The van der Waals surface area contributed by atoms with Gasteiger partial charge >= 0.3 is 21.1 Å². The molecule has 0 fully saturated rings. The fourth-order valence-corrected chi connectivity index (χ4v) is 8.38. The fourth-order valence-electron chi connectivity index (χ4n) is 8.38. The number of rotatable bonds is 4. The average molecular weight is 885 g/mol. The van der Waals surface area contributed by atoms with Crippen LogP contribution >= 0.6 is 0 Å².